The lowest BCUT2D eigenvalue weighted by Gasteiger charge is -2.02. The molecule has 0 fully saturated rings. The van der Waals surface area contributed by atoms with E-state index in [2.05, 4.69) is 0 Å². The van der Waals surface area contributed by atoms with E-state index >= 15 is 0 Å². The van der Waals surface area contributed by atoms with Crippen LogP contribution in [0.2, 0.25) is 0 Å². The van der Waals surface area contributed by atoms with Gasteiger partial charge in [0.1, 0.15) is 12.4 Å². The lowest BCUT2D eigenvalue weighted by molar-refractivity contribution is 0.243. The van der Waals surface area contributed by atoms with Crippen molar-refractivity contribution in [3.8, 4) is 0 Å². The summed E-state index contributed by atoms with van der Waals surface area (Å²) >= 11 is 0. The molecule has 0 radical (unpaired) electrons. The topological polar surface area (TPSA) is 50.4 Å². The van der Waals surface area contributed by atoms with Gasteiger partial charge < -0.3 is 9.52 Å². The Hall–Kier alpha value is -1.09. The molecular weight excluding hydrogens is 156 g/mol. The van der Waals surface area contributed by atoms with Crippen molar-refractivity contribution in [2.24, 2.45) is 0 Å². The highest BCUT2D eigenvalue weighted by atomic mass is 16.4. The minimum absolute atomic E-state index is 0.0692. The molecule has 0 aliphatic rings. The Morgan fingerprint density at radius 3 is 2.67 bits per heavy atom. The van der Waals surface area contributed by atoms with Crippen LogP contribution in [0, 0.1) is 0 Å². The van der Waals surface area contributed by atoms with Crippen LogP contribution in [0.25, 0.3) is 0 Å². The van der Waals surface area contributed by atoms with Gasteiger partial charge in [-0.2, -0.15) is 0 Å². The second kappa shape index (κ2) is 3.54. The van der Waals surface area contributed by atoms with Crippen molar-refractivity contribution in [2.45, 2.75) is 26.4 Å². The first-order valence-corrected chi connectivity index (χ1v) is 3.87. The molecule has 0 unspecified atom stereocenters. The molecule has 12 heavy (non-hydrogen) atoms. The van der Waals surface area contributed by atoms with Crippen molar-refractivity contribution >= 4 is 0 Å². The van der Waals surface area contributed by atoms with Crippen molar-refractivity contribution in [1.29, 1.82) is 0 Å². The van der Waals surface area contributed by atoms with E-state index in [0.29, 0.717) is 11.3 Å². The molecule has 3 nitrogen and oxygen atoms in total. The predicted molar refractivity (Wildman–Crippen MR) is 45.0 cm³/mol. The molecule has 1 aromatic heterocycles. The van der Waals surface area contributed by atoms with Crippen LogP contribution >= 0.6 is 0 Å². The van der Waals surface area contributed by atoms with Crippen molar-refractivity contribution in [3.63, 3.8) is 0 Å². The van der Waals surface area contributed by atoms with E-state index in [1.165, 1.54) is 12.3 Å². The zero-order valence-electron chi connectivity index (χ0n) is 7.20. The monoisotopic (exact) mass is 168 g/mol. The van der Waals surface area contributed by atoms with Crippen molar-refractivity contribution in [2.75, 3.05) is 0 Å². The van der Waals surface area contributed by atoms with E-state index in [4.69, 9.17) is 9.52 Å². The van der Waals surface area contributed by atoms with Crippen LogP contribution in [0.3, 0.4) is 0 Å². The highest BCUT2D eigenvalue weighted by Gasteiger charge is 2.05. The Balaban J connectivity index is 3.12. The molecule has 1 rings (SSSR count). The predicted octanol–water partition coefficient (Wildman–Crippen LogP) is 1.26. The largest absolute Gasteiger partial charge is 0.466 e. The minimum Gasteiger partial charge on any atom is -0.466 e. The van der Waals surface area contributed by atoms with Gasteiger partial charge in [-0.3, -0.25) is 4.79 Å². The third-order valence-electron chi connectivity index (χ3n) is 1.69. The van der Waals surface area contributed by atoms with Gasteiger partial charge in [-0.15, -0.1) is 0 Å². The van der Waals surface area contributed by atoms with Crippen LogP contribution in [0.15, 0.2) is 21.5 Å². The van der Waals surface area contributed by atoms with E-state index in [0.717, 1.165) is 0 Å². The van der Waals surface area contributed by atoms with Crippen LogP contribution in [-0.2, 0) is 6.61 Å². The van der Waals surface area contributed by atoms with E-state index in [9.17, 15) is 4.79 Å². The SMILES string of the molecule is CC(C)c1coc(CO)cc1=O. The van der Waals surface area contributed by atoms with E-state index in [1.54, 1.807) is 0 Å². The fourth-order valence-corrected chi connectivity index (χ4v) is 0.964. The van der Waals surface area contributed by atoms with Crippen LogP contribution in [-0.4, -0.2) is 5.11 Å². The summed E-state index contributed by atoms with van der Waals surface area (Å²) in [4.78, 5) is 11.3. The first-order chi connectivity index (χ1) is 5.65. The van der Waals surface area contributed by atoms with Crippen LogP contribution in [0.1, 0.15) is 31.1 Å². The van der Waals surface area contributed by atoms with Crippen LogP contribution in [0.5, 0.6) is 0 Å². The highest BCUT2D eigenvalue weighted by Crippen LogP contribution is 2.09. The van der Waals surface area contributed by atoms with Gasteiger partial charge in [0.15, 0.2) is 5.43 Å². The van der Waals surface area contributed by atoms with Crippen molar-refractivity contribution in [1.82, 2.24) is 0 Å². The fourth-order valence-electron chi connectivity index (χ4n) is 0.964. The summed E-state index contributed by atoms with van der Waals surface area (Å²) in [5.41, 5.74) is 0.576. The third kappa shape index (κ3) is 1.74. The third-order valence-corrected chi connectivity index (χ3v) is 1.69. The molecule has 0 saturated carbocycles. The summed E-state index contributed by atoms with van der Waals surface area (Å²) in [7, 11) is 0. The Bertz CT molecular complexity index is 312. The molecule has 1 N–H and O–H groups in total. The number of hydrogen-bond acceptors (Lipinski definition) is 3. The summed E-state index contributed by atoms with van der Waals surface area (Å²) in [6, 6.07) is 1.33. The quantitative estimate of drug-likeness (QED) is 0.723. The van der Waals surface area contributed by atoms with Gasteiger partial charge in [-0.05, 0) is 5.92 Å². The second-order valence-corrected chi connectivity index (χ2v) is 2.98. The molecule has 0 aliphatic carbocycles. The van der Waals surface area contributed by atoms with Gasteiger partial charge in [0.2, 0.25) is 0 Å². The van der Waals surface area contributed by atoms with Gasteiger partial charge in [0.05, 0.1) is 6.26 Å². The smallest absolute Gasteiger partial charge is 0.188 e. The summed E-state index contributed by atoms with van der Waals surface area (Å²) in [6.07, 6.45) is 1.42. The van der Waals surface area contributed by atoms with Crippen molar-refractivity contribution in [3.05, 3.63) is 33.9 Å². The maximum absolute atomic E-state index is 11.3. The maximum atomic E-state index is 11.3. The lowest BCUT2D eigenvalue weighted by atomic mass is 10.1. The zero-order chi connectivity index (χ0) is 9.14. The molecule has 66 valence electrons. The van der Waals surface area contributed by atoms with Crippen LogP contribution < -0.4 is 5.43 Å². The normalized spacial score (nSPS) is 10.7. The molecule has 0 spiro atoms. The average molecular weight is 168 g/mol. The van der Waals surface area contributed by atoms with Gasteiger partial charge in [0, 0.05) is 11.6 Å². The molecular formula is C9H12O3. The Morgan fingerprint density at radius 1 is 1.58 bits per heavy atom. The first-order valence-electron chi connectivity index (χ1n) is 3.87. The number of aliphatic hydroxyl groups excluding tert-OH is 1. The van der Waals surface area contributed by atoms with E-state index < -0.39 is 0 Å². The average Bonchev–Trinajstić information content (AvgIpc) is 2.03. The van der Waals surface area contributed by atoms with Gasteiger partial charge in [0.25, 0.3) is 0 Å². The molecule has 0 aliphatic heterocycles. The highest BCUT2D eigenvalue weighted by molar-refractivity contribution is 5.14. The zero-order valence-corrected chi connectivity index (χ0v) is 7.20. The van der Waals surface area contributed by atoms with E-state index in [1.807, 2.05) is 13.8 Å². The molecule has 0 atom stereocenters. The standard InChI is InChI=1S/C9H12O3/c1-6(2)8-5-12-7(4-10)3-9(8)11/h3,5-6,10H,4H2,1-2H3. The Labute approximate surface area is 70.7 Å². The molecule has 0 saturated heterocycles. The van der Waals surface area contributed by atoms with E-state index in [-0.39, 0.29) is 18.0 Å². The summed E-state index contributed by atoms with van der Waals surface area (Å²) in [5, 5.41) is 8.66. The second-order valence-electron chi connectivity index (χ2n) is 2.98. The Kier molecular flexibility index (Phi) is 2.65. The van der Waals surface area contributed by atoms with Gasteiger partial charge in [-0.25, -0.2) is 0 Å². The minimum atomic E-state index is -0.229. The van der Waals surface area contributed by atoms with Crippen LogP contribution in [0.4, 0.5) is 0 Å². The molecule has 3 heteroatoms. The maximum Gasteiger partial charge on any atom is 0.188 e. The molecule has 0 aromatic carbocycles. The summed E-state index contributed by atoms with van der Waals surface area (Å²) in [5.74, 6) is 0.471. The molecule has 0 amide bonds. The number of hydrogen-bond donors (Lipinski definition) is 1. The first kappa shape index (κ1) is 9.00. The lowest BCUT2D eigenvalue weighted by Crippen LogP contribution is -2.09. The Morgan fingerprint density at radius 2 is 2.25 bits per heavy atom. The van der Waals surface area contributed by atoms with Gasteiger partial charge >= 0.3 is 0 Å². The molecule has 0 bridgehead atoms. The number of aliphatic hydroxyl groups is 1. The summed E-state index contributed by atoms with van der Waals surface area (Å²) < 4.78 is 5.00. The van der Waals surface area contributed by atoms with Gasteiger partial charge in [-0.1, -0.05) is 13.8 Å². The molecule has 1 heterocycles. The molecule has 1 aromatic rings. The summed E-state index contributed by atoms with van der Waals surface area (Å²) in [6.45, 7) is 3.61. The number of rotatable bonds is 2. The van der Waals surface area contributed by atoms with Crippen molar-refractivity contribution < 1.29 is 9.52 Å². The fraction of sp³-hybridized carbons (Fsp3) is 0.444.